The number of furan rings is 1. The minimum atomic E-state index is -1.11. The van der Waals surface area contributed by atoms with Gasteiger partial charge in [-0.1, -0.05) is 6.92 Å². The van der Waals surface area contributed by atoms with E-state index in [9.17, 15) is 14.4 Å². The molecule has 0 radical (unpaired) electrons. The Morgan fingerprint density at radius 3 is 2.33 bits per heavy atom. The van der Waals surface area contributed by atoms with Crippen molar-refractivity contribution in [3.05, 3.63) is 45.0 Å². The van der Waals surface area contributed by atoms with Gasteiger partial charge in [0.15, 0.2) is 0 Å². The highest BCUT2D eigenvalue weighted by molar-refractivity contribution is 5.97. The zero-order valence-corrected chi connectivity index (χ0v) is 15.6. The Balaban J connectivity index is 2.04. The van der Waals surface area contributed by atoms with Crippen LogP contribution in [0.5, 0.6) is 0 Å². The first-order valence-corrected chi connectivity index (χ1v) is 8.71. The van der Waals surface area contributed by atoms with Crippen molar-refractivity contribution in [2.45, 2.75) is 46.6 Å². The SMILES string of the molecule is CCC(NC(=O)Cc1c(C)c2cc3c(C)c(C)oc3cc2oc1=O)C(=O)O. The summed E-state index contributed by atoms with van der Waals surface area (Å²) in [4.78, 5) is 35.7. The molecule has 0 fully saturated rings. The van der Waals surface area contributed by atoms with Gasteiger partial charge in [-0.3, -0.25) is 4.79 Å². The van der Waals surface area contributed by atoms with Crippen LogP contribution in [-0.4, -0.2) is 23.0 Å². The Labute approximate surface area is 155 Å². The van der Waals surface area contributed by atoms with Crippen molar-refractivity contribution in [2.75, 3.05) is 0 Å². The van der Waals surface area contributed by atoms with E-state index in [1.165, 1.54) is 0 Å². The standard InChI is InChI=1S/C20H21NO6/c1-5-15(19(23)24)21-18(22)7-14-10(3)13-6-12-9(2)11(4)26-16(12)8-17(13)27-20(14)25/h6,8,15H,5,7H2,1-4H3,(H,21,22)(H,23,24). The highest BCUT2D eigenvalue weighted by atomic mass is 16.4. The van der Waals surface area contributed by atoms with Gasteiger partial charge in [0.25, 0.3) is 0 Å². The first-order chi connectivity index (χ1) is 12.7. The van der Waals surface area contributed by atoms with E-state index in [-0.39, 0.29) is 18.4 Å². The Morgan fingerprint density at radius 2 is 1.70 bits per heavy atom. The predicted octanol–water partition coefficient (Wildman–Crippen LogP) is 2.99. The van der Waals surface area contributed by atoms with Gasteiger partial charge in [-0.2, -0.15) is 0 Å². The van der Waals surface area contributed by atoms with Crippen LogP contribution in [0.1, 0.15) is 35.8 Å². The summed E-state index contributed by atoms with van der Waals surface area (Å²) in [6.45, 7) is 7.23. The zero-order valence-electron chi connectivity index (χ0n) is 15.6. The second-order valence-electron chi connectivity index (χ2n) is 6.66. The van der Waals surface area contributed by atoms with Crippen molar-refractivity contribution in [3.63, 3.8) is 0 Å². The highest BCUT2D eigenvalue weighted by Gasteiger charge is 2.21. The molecule has 3 aromatic rings. The fourth-order valence-electron chi connectivity index (χ4n) is 3.17. The number of hydrogen-bond donors (Lipinski definition) is 2. The summed E-state index contributed by atoms with van der Waals surface area (Å²) >= 11 is 0. The van der Waals surface area contributed by atoms with E-state index in [0.29, 0.717) is 16.7 Å². The third-order valence-electron chi connectivity index (χ3n) is 4.96. The van der Waals surface area contributed by atoms with E-state index in [1.807, 2.05) is 19.9 Å². The second kappa shape index (κ2) is 6.90. The molecule has 27 heavy (non-hydrogen) atoms. The number of fused-ring (bicyclic) bond motifs is 2. The fraction of sp³-hybridized carbons (Fsp3) is 0.350. The van der Waals surface area contributed by atoms with E-state index in [4.69, 9.17) is 13.9 Å². The zero-order chi connectivity index (χ0) is 19.9. The summed E-state index contributed by atoms with van der Waals surface area (Å²) in [6, 6.07) is 2.59. The van der Waals surface area contributed by atoms with Gasteiger partial charge in [-0.15, -0.1) is 0 Å². The lowest BCUT2D eigenvalue weighted by atomic mass is 10.0. The number of hydrogen-bond acceptors (Lipinski definition) is 5. The van der Waals surface area contributed by atoms with Crippen molar-refractivity contribution in [3.8, 4) is 0 Å². The number of carbonyl (C=O) groups excluding carboxylic acids is 1. The monoisotopic (exact) mass is 371 g/mol. The molecule has 7 heteroatoms. The van der Waals surface area contributed by atoms with Gasteiger partial charge in [0.1, 0.15) is 23.0 Å². The number of carboxylic acids is 1. The lowest BCUT2D eigenvalue weighted by Crippen LogP contribution is -2.41. The maximum absolute atomic E-state index is 12.4. The molecule has 0 aliphatic carbocycles. The molecular weight excluding hydrogens is 350 g/mol. The summed E-state index contributed by atoms with van der Waals surface area (Å²) < 4.78 is 11.1. The van der Waals surface area contributed by atoms with Crippen LogP contribution in [0.3, 0.4) is 0 Å². The van der Waals surface area contributed by atoms with Crippen molar-refractivity contribution in [2.24, 2.45) is 0 Å². The third kappa shape index (κ3) is 3.32. The lowest BCUT2D eigenvalue weighted by Gasteiger charge is -2.13. The highest BCUT2D eigenvalue weighted by Crippen LogP contribution is 2.30. The molecule has 7 nitrogen and oxygen atoms in total. The number of benzene rings is 1. The Kier molecular flexibility index (Phi) is 4.78. The first kappa shape index (κ1) is 18.7. The Hall–Kier alpha value is -3.09. The van der Waals surface area contributed by atoms with Crippen LogP contribution in [0.15, 0.2) is 25.8 Å². The van der Waals surface area contributed by atoms with Gasteiger partial charge >= 0.3 is 11.6 Å². The summed E-state index contributed by atoms with van der Waals surface area (Å²) in [6.07, 6.45) is 0.0127. The molecule has 0 spiro atoms. The van der Waals surface area contributed by atoms with E-state index in [2.05, 4.69) is 5.32 Å². The molecule has 1 aromatic carbocycles. The van der Waals surface area contributed by atoms with Crippen molar-refractivity contribution in [1.82, 2.24) is 5.32 Å². The molecule has 0 saturated heterocycles. The van der Waals surface area contributed by atoms with Gasteiger partial charge in [0.05, 0.1) is 12.0 Å². The van der Waals surface area contributed by atoms with Gasteiger partial charge in [-0.05, 0) is 44.4 Å². The number of carboxylic acid groups (broad SMARTS) is 1. The average Bonchev–Trinajstić information content (AvgIpc) is 2.88. The number of carbonyl (C=O) groups is 2. The molecule has 0 aliphatic heterocycles. The molecule has 1 atom stereocenters. The Morgan fingerprint density at radius 1 is 1.07 bits per heavy atom. The topological polar surface area (TPSA) is 110 Å². The van der Waals surface area contributed by atoms with E-state index in [1.54, 1.807) is 19.9 Å². The third-order valence-corrected chi connectivity index (χ3v) is 4.96. The molecule has 142 valence electrons. The summed E-state index contributed by atoms with van der Waals surface area (Å²) in [7, 11) is 0. The van der Waals surface area contributed by atoms with E-state index >= 15 is 0 Å². The number of aryl methyl sites for hydroxylation is 3. The van der Waals surface area contributed by atoms with Crippen LogP contribution in [0.25, 0.3) is 21.9 Å². The van der Waals surface area contributed by atoms with Crippen molar-refractivity contribution in [1.29, 1.82) is 0 Å². The predicted molar refractivity (Wildman–Crippen MR) is 100 cm³/mol. The molecule has 2 N–H and O–H groups in total. The number of nitrogens with one attached hydrogen (secondary N) is 1. The average molecular weight is 371 g/mol. The van der Waals surface area contributed by atoms with Crippen molar-refractivity contribution >= 4 is 33.8 Å². The van der Waals surface area contributed by atoms with Crippen molar-refractivity contribution < 1.29 is 23.5 Å². The maximum atomic E-state index is 12.4. The second-order valence-corrected chi connectivity index (χ2v) is 6.66. The molecule has 1 amide bonds. The first-order valence-electron chi connectivity index (χ1n) is 8.71. The fourth-order valence-corrected chi connectivity index (χ4v) is 3.17. The summed E-state index contributed by atoms with van der Waals surface area (Å²) in [5.74, 6) is -0.851. The lowest BCUT2D eigenvalue weighted by molar-refractivity contribution is -0.141. The quantitative estimate of drug-likeness (QED) is 0.667. The number of aliphatic carboxylic acids is 1. The minimum absolute atomic E-state index is 0.220. The van der Waals surface area contributed by atoms with Crippen LogP contribution < -0.4 is 10.9 Å². The maximum Gasteiger partial charge on any atom is 0.340 e. The normalized spacial score (nSPS) is 12.4. The molecule has 2 aromatic heterocycles. The Bertz CT molecular complexity index is 1120. The molecular formula is C20H21NO6. The molecule has 0 bridgehead atoms. The summed E-state index contributed by atoms with van der Waals surface area (Å²) in [5, 5.41) is 13.1. The van der Waals surface area contributed by atoms with Crippen LogP contribution in [0.2, 0.25) is 0 Å². The van der Waals surface area contributed by atoms with Gasteiger partial charge in [0.2, 0.25) is 5.91 Å². The molecule has 1 unspecified atom stereocenters. The number of rotatable bonds is 5. The van der Waals surface area contributed by atoms with Gasteiger partial charge in [0, 0.05) is 16.8 Å². The largest absolute Gasteiger partial charge is 0.480 e. The van der Waals surface area contributed by atoms with Crippen LogP contribution >= 0.6 is 0 Å². The molecule has 3 rings (SSSR count). The van der Waals surface area contributed by atoms with Crippen LogP contribution in [-0.2, 0) is 16.0 Å². The van der Waals surface area contributed by atoms with Gasteiger partial charge < -0.3 is 19.3 Å². The smallest absolute Gasteiger partial charge is 0.340 e. The van der Waals surface area contributed by atoms with Crippen LogP contribution in [0, 0.1) is 20.8 Å². The molecule has 2 heterocycles. The van der Waals surface area contributed by atoms with Gasteiger partial charge in [-0.25, -0.2) is 9.59 Å². The molecule has 0 aliphatic rings. The summed E-state index contributed by atoms with van der Waals surface area (Å²) in [5.41, 5.74) is 2.27. The van der Waals surface area contributed by atoms with Crippen LogP contribution in [0.4, 0.5) is 0 Å². The number of amides is 1. The molecule has 0 saturated carbocycles. The van der Waals surface area contributed by atoms with E-state index < -0.39 is 23.5 Å². The minimum Gasteiger partial charge on any atom is -0.480 e. The van der Waals surface area contributed by atoms with E-state index in [0.717, 1.165) is 22.1 Å².